The number of carbonyl (C=O) groups is 2. The zero-order valence-corrected chi connectivity index (χ0v) is 10.4. The van der Waals surface area contributed by atoms with E-state index in [0.29, 0.717) is 0 Å². The van der Waals surface area contributed by atoms with E-state index in [4.69, 9.17) is 9.84 Å². The molecule has 0 spiro atoms. The van der Waals surface area contributed by atoms with Gasteiger partial charge in [-0.15, -0.1) is 0 Å². The van der Waals surface area contributed by atoms with Crippen LogP contribution in [0, 0.1) is 0 Å². The Labute approximate surface area is 144 Å². The van der Waals surface area contributed by atoms with Gasteiger partial charge in [-0.25, -0.2) is 0 Å². The Morgan fingerprint density at radius 3 is 2.17 bits per heavy atom. The van der Waals surface area contributed by atoms with E-state index in [0.717, 1.165) is 19.3 Å². The van der Waals surface area contributed by atoms with Gasteiger partial charge < -0.3 is 9.84 Å². The molecule has 0 heterocycles. The predicted molar refractivity (Wildman–Crippen MR) is 75.5 cm³/mol. The normalized spacial score (nSPS) is 9.94. The average molecular weight is 262 g/mol. The van der Waals surface area contributed by atoms with Crippen molar-refractivity contribution >= 4 is 60.4 Å². The van der Waals surface area contributed by atoms with E-state index in [9.17, 15) is 9.59 Å². The third kappa shape index (κ3) is 14.6. The number of hydrogen-bond acceptors (Lipinski definition) is 3. The van der Waals surface area contributed by atoms with Crippen LogP contribution in [-0.2, 0) is 14.3 Å². The van der Waals surface area contributed by atoms with Gasteiger partial charge in [-0.05, 0) is 26.7 Å². The maximum atomic E-state index is 11.2. The number of aliphatic carboxylic acids is 1. The van der Waals surface area contributed by atoms with Crippen molar-refractivity contribution in [3.05, 3.63) is 0 Å². The average Bonchev–Trinajstić information content (AvgIpc) is 2.10. The van der Waals surface area contributed by atoms with Crippen molar-refractivity contribution in [2.75, 3.05) is 0 Å². The third-order valence-electron chi connectivity index (χ3n) is 2.32. The van der Waals surface area contributed by atoms with Gasteiger partial charge in [-0.3, -0.25) is 9.59 Å². The van der Waals surface area contributed by atoms with Crippen LogP contribution in [0.15, 0.2) is 0 Å². The Hall–Kier alpha value is 0.537. The molecule has 0 saturated carbocycles. The molecule has 0 aromatic rings. The molecule has 18 heavy (non-hydrogen) atoms. The minimum absolute atomic E-state index is 0. The number of hydrogen-bond donors (Lipinski definition) is 1. The Morgan fingerprint density at radius 1 is 1.17 bits per heavy atom. The second kappa shape index (κ2) is 12.6. The van der Waals surface area contributed by atoms with E-state index in [2.05, 4.69) is 6.92 Å². The van der Waals surface area contributed by atoms with E-state index in [1.54, 1.807) is 0 Å². The van der Waals surface area contributed by atoms with Crippen molar-refractivity contribution in [3.63, 3.8) is 0 Å². The van der Waals surface area contributed by atoms with Crippen LogP contribution in [0.4, 0.5) is 0 Å². The molecule has 98 valence electrons. The molecule has 0 aliphatic carbocycles. The van der Waals surface area contributed by atoms with Crippen LogP contribution in [0.3, 0.4) is 0 Å². The molecular weight excluding hydrogens is 238 g/mol. The molecule has 0 fully saturated rings. The first-order valence-corrected chi connectivity index (χ1v) is 5.81. The second-order valence-electron chi connectivity index (χ2n) is 4.61. The van der Waals surface area contributed by atoms with Crippen LogP contribution in [0.2, 0.25) is 0 Å². The van der Waals surface area contributed by atoms with Crippen LogP contribution < -0.4 is 0 Å². The van der Waals surface area contributed by atoms with E-state index >= 15 is 0 Å². The molecule has 0 unspecified atom stereocenters. The van der Waals surface area contributed by atoms with Gasteiger partial charge in [0.1, 0.15) is 12.0 Å². The standard InChI is InChI=1S/C12H22O4.Li.Na.2H/c1-4-5-6-7-8-12(2,3)16-11(15)9-10(13)14;;;;/h4-9H2,1-3H3,(H,13,14);;;;. The van der Waals surface area contributed by atoms with Crippen LogP contribution >= 0.6 is 0 Å². The fraction of sp³-hybridized carbons (Fsp3) is 0.833. The van der Waals surface area contributed by atoms with Gasteiger partial charge in [0.25, 0.3) is 0 Å². The molecule has 0 amide bonds. The van der Waals surface area contributed by atoms with E-state index < -0.39 is 24.0 Å². The van der Waals surface area contributed by atoms with E-state index in [1.807, 2.05) is 13.8 Å². The number of carbonyl (C=O) groups excluding carboxylic acids is 1. The molecule has 4 nitrogen and oxygen atoms in total. The number of unbranched alkanes of at least 4 members (excludes halogenated alkanes) is 3. The molecule has 6 heteroatoms. The SMILES string of the molecule is CCCCCCC(C)(C)OC(=O)CC(=O)O.[LiH].[NaH]. The van der Waals surface area contributed by atoms with Crippen LogP contribution in [-0.4, -0.2) is 71.1 Å². The second-order valence-corrected chi connectivity index (χ2v) is 4.61. The summed E-state index contributed by atoms with van der Waals surface area (Å²) in [7, 11) is 0. The maximum absolute atomic E-state index is 11.2. The molecule has 0 bridgehead atoms. The Kier molecular flexibility index (Phi) is 16.5. The van der Waals surface area contributed by atoms with Crippen molar-refractivity contribution in [3.8, 4) is 0 Å². The summed E-state index contributed by atoms with van der Waals surface area (Å²) >= 11 is 0. The number of carboxylic acid groups (broad SMARTS) is 1. The molecular formula is C12H24LiNaO4. The molecule has 0 aliphatic heterocycles. The first-order chi connectivity index (χ1) is 7.37. The fourth-order valence-electron chi connectivity index (χ4n) is 1.50. The Bertz CT molecular complexity index is 244. The molecule has 0 atom stereocenters. The van der Waals surface area contributed by atoms with Crippen LogP contribution in [0.25, 0.3) is 0 Å². The summed E-state index contributed by atoms with van der Waals surface area (Å²) in [5.41, 5.74) is -0.555. The van der Waals surface area contributed by atoms with E-state index in [1.165, 1.54) is 12.8 Å². The Morgan fingerprint density at radius 2 is 1.72 bits per heavy atom. The molecule has 0 aromatic heterocycles. The quantitative estimate of drug-likeness (QED) is 0.311. The van der Waals surface area contributed by atoms with Crippen LogP contribution in [0.5, 0.6) is 0 Å². The summed E-state index contributed by atoms with van der Waals surface area (Å²) in [6, 6.07) is 0. The summed E-state index contributed by atoms with van der Waals surface area (Å²) in [5, 5.41) is 8.43. The monoisotopic (exact) mass is 262 g/mol. The molecule has 0 aliphatic rings. The van der Waals surface area contributed by atoms with Crippen molar-refractivity contribution in [2.24, 2.45) is 0 Å². The minimum atomic E-state index is -1.15. The van der Waals surface area contributed by atoms with Crippen molar-refractivity contribution in [1.29, 1.82) is 0 Å². The van der Waals surface area contributed by atoms with Crippen molar-refractivity contribution in [1.82, 2.24) is 0 Å². The molecule has 1 N–H and O–H groups in total. The number of rotatable bonds is 8. The summed E-state index contributed by atoms with van der Waals surface area (Å²) in [6.45, 7) is 5.77. The zero-order valence-electron chi connectivity index (χ0n) is 10.4. The van der Waals surface area contributed by atoms with Crippen LogP contribution in [0.1, 0.15) is 59.3 Å². The topological polar surface area (TPSA) is 63.6 Å². The van der Waals surface area contributed by atoms with E-state index in [-0.39, 0.29) is 48.4 Å². The Balaban J connectivity index is -0.00000112. The molecule has 0 rings (SSSR count). The predicted octanol–water partition coefficient (Wildman–Crippen LogP) is 1.46. The van der Waals surface area contributed by atoms with Gasteiger partial charge in [-0.2, -0.15) is 0 Å². The van der Waals surface area contributed by atoms with Crippen molar-refractivity contribution in [2.45, 2.75) is 64.9 Å². The number of ether oxygens (including phenoxy) is 1. The summed E-state index contributed by atoms with van der Waals surface area (Å²) in [6.07, 6.45) is 4.69. The van der Waals surface area contributed by atoms with Gasteiger partial charge >= 0.3 is 60.4 Å². The summed E-state index contributed by atoms with van der Waals surface area (Å²) in [4.78, 5) is 21.4. The summed E-state index contributed by atoms with van der Waals surface area (Å²) in [5.74, 6) is -1.81. The zero-order chi connectivity index (χ0) is 12.6. The first-order valence-electron chi connectivity index (χ1n) is 5.81. The number of esters is 1. The van der Waals surface area contributed by atoms with Gasteiger partial charge in [-0.1, -0.05) is 26.2 Å². The molecule has 0 saturated heterocycles. The van der Waals surface area contributed by atoms with Gasteiger partial charge in [0.15, 0.2) is 0 Å². The van der Waals surface area contributed by atoms with Gasteiger partial charge in [0.2, 0.25) is 0 Å². The van der Waals surface area contributed by atoms with Gasteiger partial charge in [0.05, 0.1) is 0 Å². The fourth-order valence-corrected chi connectivity index (χ4v) is 1.50. The third-order valence-corrected chi connectivity index (χ3v) is 2.32. The van der Waals surface area contributed by atoms with Crippen molar-refractivity contribution < 1.29 is 19.4 Å². The molecule has 0 radical (unpaired) electrons. The molecule has 0 aromatic carbocycles. The number of carboxylic acids is 1. The first kappa shape index (κ1) is 23.6. The summed E-state index contributed by atoms with van der Waals surface area (Å²) < 4.78 is 5.11. The van der Waals surface area contributed by atoms with Gasteiger partial charge in [0, 0.05) is 0 Å².